The van der Waals surface area contributed by atoms with Gasteiger partial charge in [0.1, 0.15) is 0 Å². The number of methoxy groups -OCH3 is 1. The molecule has 0 N–H and O–H groups in total. The van der Waals surface area contributed by atoms with E-state index >= 15 is 0 Å². The first-order chi connectivity index (χ1) is 8.26. The van der Waals surface area contributed by atoms with E-state index in [1.165, 1.54) is 12.7 Å². The summed E-state index contributed by atoms with van der Waals surface area (Å²) in [7, 11) is 1.39. The minimum atomic E-state index is -0.316. The van der Waals surface area contributed by atoms with Crippen LogP contribution >= 0.6 is 0 Å². The molecule has 0 fully saturated rings. The highest BCUT2D eigenvalue weighted by molar-refractivity contribution is 5.94. The molecule has 1 aromatic rings. The third-order valence-corrected chi connectivity index (χ3v) is 2.95. The van der Waals surface area contributed by atoms with E-state index in [9.17, 15) is 4.79 Å². The van der Waals surface area contributed by atoms with Gasteiger partial charge >= 0.3 is 5.97 Å². The van der Waals surface area contributed by atoms with Crippen molar-refractivity contribution in [2.45, 2.75) is 20.0 Å². The zero-order valence-electron chi connectivity index (χ0n) is 10.2. The number of ether oxygens (including phenoxy) is 2. The lowest BCUT2D eigenvalue weighted by atomic mass is 9.98. The average Bonchev–Trinajstić information content (AvgIpc) is 2.59. The molecule has 0 bridgehead atoms. The Morgan fingerprint density at radius 2 is 2.24 bits per heavy atom. The lowest BCUT2D eigenvalue weighted by Crippen LogP contribution is -2.09. The summed E-state index contributed by atoms with van der Waals surface area (Å²) in [5.41, 5.74) is 4.04. The molecule has 90 valence electrons. The zero-order valence-corrected chi connectivity index (χ0v) is 10.2. The van der Waals surface area contributed by atoms with Crippen molar-refractivity contribution < 1.29 is 14.3 Å². The predicted octanol–water partition coefficient (Wildman–Crippen LogP) is 2.34. The number of hydrogen-bond donors (Lipinski definition) is 0. The molecule has 0 atom stereocenters. The Kier molecular flexibility index (Phi) is 3.59. The number of carbonyl (C=O) groups is 1. The topological polar surface area (TPSA) is 35.5 Å². The maximum atomic E-state index is 11.6. The van der Waals surface area contributed by atoms with Crippen molar-refractivity contribution in [3.63, 3.8) is 0 Å². The molecular formula is C14H16O3. The van der Waals surface area contributed by atoms with Crippen LogP contribution in [0.15, 0.2) is 23.8 Å². The fourth-order valence-corrected chi connectivity index (χ4v) is 2.02. The maximum absolute atomic E-state index is 11.6. The van der Waals surface area contributed by atoms with E-state index in [1.54, 1.807) is 0 Å². The lowest BCUT2D eigenvalue weighted by Gasteiger charge is -2.07. The van der Waals surface area contributed by atoms with E-state index in [0.29, 0.717) is 18.8 Å². The SMILES string of the molecule is CCc1cccc2c1C=C(C(=O)OC)COC2. The molecule has 0 unspecified atom stereocenters. The van der Waals surface area contributed by atoms with E-state index in [2.05, 4.69) is 13.0 Å². The molecule has 0 amide bonds. The van der Waals surface area contributed by atoms with Crippen molar-refractivity contribution in [3.05, 3.63) is 40.5 Å². The van der Waals surface area contributed by atoms with Crippen LogP contribution < -0.4 is 0 Å². The Hall–Kier alpha value is -1.61. The first-order valence-electron chi connectivity index (χ1n) is 5.73. The maximum Gasteiger partial charge on any atom is 0.336 e. The molecule has 0 spiro atoms. The van der Waals surface area contributed by atoms with E-state index in [1.807, 2.05) is 18.2 Å². The molecule has 3 heteroatoms. The van der Waals surface area contributed by atoms with Crippen LogP contribution in [0.2, 0.25) is 0 Å². The Balaban J connectivity index is 2.48. The Bertz CT molecular complexity index is 461. The lowest BCUT2D eigenvalue weighted by molar-refractivity contribution is -0.136. The van der Waals surface area contributed by atoms with Gasteiger partial charge in [-0.2, -0.15) is 0 Å². The van der Waals surface area contributed by atoms with Crippen molar-refractivity contribution in [1.82, 2.24) is 0 Å². The van der Waals surface area contributed by atoms with Gasteiger partial charge in [0, 0.05) is 0 Å². The van der Waals surface area contributed by atoms with Crippen molar-refractivity contribution in [2.75, 3.05) is 13.7 Å². The zero-order chi connectivity index (χ0) is 12.3. The summed E-state index contributed by atoms with van der Waals surface area (Å²) in [4.78, 5) is 11.6. The monoisotopic (exact) mass is 232 g/mol. The normalized spacial score (nSPS) is 14.6. The Morgan fingerprint density at radius 1 is 1.41 bits per heavy atom. The molecule has 1 aliphatic rings. The number of esters is 1. The smallest absolute Gasteiger partial charge is 0.336 e. The second-order valence-corrected chi connectivity index (χ2v) is 4.00. The molecule has 1 aromatic carbocycles. The predicted molar refractivity (Wildman–Crippen MR) is 65.5 cm³/mol. The molecule has 17 heavy (non-hydrogen) atoms. The second-order valence-electron chi connectivity index (χ2n) is 4.00. The molecule has 0 aliphatic carbocycles. The number of benzene rings is 1. The standard InChI is InChI=1S/C14H16O3/c1-3-10-5-4-6-11-8-17-9-12(7-13(10)11)14(15)16-2/h4-7H,3,8-9H2,1-2H3. The highest BCUT2D eigenvalue weighted by Crippen LogP contribution is 2.23. The molecule has 1 heterocycles. The van der Waals surface area contributed by atoms with E-state index in [4.69, 9.17) is 9.47 Å². The van der Waals surface area contributed by atoms with Gasteiger partial charge in [0.15, 0.2) is 0 Å². The van der Waals surface area contributed by atoms with E-state index < -0.39 is 0 Å². The minimum absolute atomic E-state index is 0.310. The van der Waals surface area contributed by atoms with Crippen molar-refractivity contribution in [2.24, 2.45) is 0 Å². The number of rotatable bonds is 2. The van der Waals surface area contributed by atoms with E-state index in [0.717, 1.165) is 17.5 Å². The first-order valence-corrected chi connectivity index (χ1v) is 5.73. The third-order valence-electron chi connectivity index (χ3n) is 2.95. The molecule has 0 saturated carbocycles. The van der Waals surface area contributed by atoms with Crippen LogP contribution in [-0.2, 0) is 27.3 Å². The molecule has 0 radical (unpaired) electrons. The molecule has 0 aromatic heterocycles. The van der Waals surface area contributed by atoms with Crippen molar-refractivity contribution >= 4 is 12.0 Å². The van der Waals surface area contributed by atoms with Crippen LogP contribution in [0.3, 0.4) is 0 Å². The summed E-state index contributed by atoms with van der Waals surface area (Å²) in [6.07, 6.45) is 2.83. The Labute approximate surface area is 101 Å². The number of fused-ring (bicyclic) bond motifs is 1. The summed E-state index contributed by atoms with van der Waals surface area (Å²) >= 11 is 0. The molecule has 3 nitrogen and oxygen atoms in total. The van der Waals surface area contributed by atoms with Crippen molar-refractivity contribution in [3.8, 4) is 0 Å². The molecule has 2 rings (SSSR count). The van der Waals surface area contributed by atoms with Gasteiger partial charge in [0.2, 0.25) is 0 Å². The second kappa shape index (κ2) is 5.15. The number of aryl methyl sites for hydroxylation is 1. The summed E-state index contributed by atoms with van der Waals surface area (Å²) < 4.78 is 10.2. The quantitative estimate of drug-likeness (QED) is 0.734. The van der Waals surface area contributed by atoms with Crippen LogP contribution in [0.25, 0.3) is 6.08 Å². The minimum Gasteiger partial charge on any atom is -0.466 e. The van der Waals surface area contributed by atoms with Gasteiger partial charge in [-0.3, -0.25) is 0 Å². The summed E-state index contributed by atoms with van der Waals surface area (Å²) in [6.45, 7) is 2.96. The van der Waals surface area contributed by atoms with E-state index in [-0.39, 0.29) is 5.97 Å². The fourth-order valence-electron chi connectivity index (χ4n) is 2.02. The number of carbonyl (C=O) groups excluding carboxylic acids is 1. The largest absolute Gasteiger partial charge is 0.466 e. The summed E-state index contributed by atoms with van der Waals surface area (Å²) in [5, 5.41) is 0. The van der Waals surface area contributed by atoms with Crippen LogP contribution in [0, 0.1) is 0 Å². The first kappa shape index (κ1) is 11.9. The Morgan fingerprint density at radius 3 is 2.94 bits per heavy atom. The third kappa shape index (κ3) is 2.39. The number of hydrogen-bond acceptors (Lipinski definition) is 3. The highest BCUT2D eigenvalue weighted by Gasteiger charge is 2.16. The summed E-state index contributed by atoms with van der Waals surface area (Å²) in [6, 6.07) is 6.14. The van der Waals surface area contributed by atoms with Gasteiger partial charge in [0.25, 0.3) is 0 Å². The highest BCUT2D eigenvalue weighted by atomic mass is 16.5. The van der Waals surface area contributed by atoms with Crippen molar-refractivity contribution in [1.29, 1.82) is 0 Å². The molecule has 1 aliphatic heterocycles. The summed E-state index contributed by atoms with van der Waals surface area (Å²) in [5.74, 6) is -0.316. The van der Waals surface area contributed by atoms with Gasteiger partial charge < -0.3 is 9.47 Å². The fraction of sp³-hybridized carbons (Fsp3) is 0.357. The van der Waals surface area contributed by atoms with Gasteiger partial charge in [-0.15, -0.1) is 0 Å². The van der Waals surface area contributed by atoms with Crippen LogP contribution in [0.5, 0.6) is 0 Å². The molecular weight excluding hydrogens is 216 g/mol. The van der Waals surface area contributed by atoms with Gasteiger partial charge in [-0.1, -0.05) is 25.1 Å². The van der Waals surface area contributed by atoms with Gasteiger partial charge in [-0.05, 0) is 29.2 Å². The van der Waals surface area contributed by atoms with Gasteiger partial charge in [-0.25, -0.2) is 4.79 Å². The van der Waals surface area contributed by atoms with Gasteiger partial charge in [0.05, 0.1) is 25.9 Å². The average molecular weight is 232 g/mol. The van der Waals surface area contributed by atoms with Crippen LogP contribution in [-0.4, -0.2) is 19.7 Å². The van der Waals surface area contributed by atoms with Crippen LogP contribution in [0.1, 0.15) is 23.6 Å². The van der Waals surface area contributed by atoms with Crippen LogP contribution in [0.4, 0.5) is 0 Å². The molecule has 0 saturated heterocycles.